The minimum atomic E-state index is 0.186. The molecule has 0 aliphatic carbocycles. The predicted octanol–water partition coefficient (Wildman–Crippen LogP) is 0.996. The molecule has 0 N–H and O–H groups in total. The second kappa shape index (κ2) is 7.79. The summed E-state index contributed by atoms with van der Waals surface area (Å²) in [6, 6.07) is 5.65. The molecule has 1 aliphatic heterocycles. The molecule has 1 saturated heterocycles. The van der Waals surface area contributed by atoms with Crippen molar-refractivity contribution in [2.75, 3.05) is 31.2 Å². The highest BCUT2D eigenvalue weighted by Crippen LogP contribution is 2.31. The van der Waals surface area contributed by atoms with E-state index in [1.165, 1.54) is 0 Å². The monoisotopic (exact) mass is 398 g/mol. The lowest BCUT2D eigenvalue weighted by Crippen LogP contribution is -2.37. The largest absolute Gasteiger partial charge is 0.378 e. The highest BCUT2D eigenvalue weighted by Gasteiger charge is 2.24. The molecule has 1 fully saturated rings. The molecule has 0 atom stereocenters. The van der Waals surface area contributed by atoms with E-state index in [2.05, 4.69) is 31.3 Å². The van der Waals surface area contributed by atoms with E-state index >= 15 is 0 Å². The molecule has 4 aromatic heterocycles. The number of aryl methyl sites for hydroxylation is 1. The highest BCUT2D eigenvalue weighted by atomic mass is 16.5. The van der Waals surface area contributed by atoms with Gasteiger partial charge in [-0.15, -0.1) is 0 Å². The van der Waals surface area contributed by atoms with E-state index in [4.69, 9.17) is 27.5 Å². The molecular weight excluding hydrogens is 379 g/mol. The summed E-state index contributed by atoms with van der Waals surface area (Å²) < 4.78 is 7.62. The summed E-state index contributed by atoms with van der Waals surface area (Å²) in [6.07, 6.45) is 5.13. The lowest BCUT2D eigenvalue weighted by molar-refractivity contribution is 0.122. The van der Waals surface area contributed by atoms with E-state index in [-0.39, 0.29) is 5.72 Å². The molecule has 148 valence electrons. The zero-order valence-electron chi connectivity index (χ0n) is 16.6. The summed E-state index contributed by atoms with van der Waals surface area (Å²) >= 11 is 0. The maximum Gasteiger partial charge on any atom is 0.182 e. The number of aromatic nitrogens is 7. The number of rotatable bonds is 4. The Bertz CT molecular complexity index is 1190. The number of anilines is 1. The molecule has 0 unspecified atom stereocenters. The average Bonchev–Trinajstić information content (AvgIpc) is 3.18. The van der Waals surface area contributed by atoms with Crippen molar-refractivity contribution >= 4 is 30.6 Å². The molecule has 0 spiro atoms. The fourth-order valence-corrected chi connectivity index (χ4v) is 3.62. The number of ether oxygens (including phenoxy) is 1. The fraction of sp³-hybridized carbons (Fsp3) is 0.300. The Kier molecular flexibility index (Phi) is 4.84. The van der Waals surface area contributed by atoms with Crippen LogP contribution in [0.4, 0.5) is 5.82 Å². The van der Waals surface area contributed by atoms with E-state index in [9.17, 15) is 0 Å². The van der Waals surface area contributed by atoms with E-state index in [1.807, 2.05) is 12.1 Å². The van der Waals surface area contributed by atoms with Crippen molar-refractivity contribution in [3.63, 3.8) is 0 Å². The Morgan fingerprint density at radius 2 is 1.80 bits per heavy atom. The number of morpholine rings is 1. The molecule has 0 bridgehead atoms. The molecule has 2 radical (unpaired) electrons. The summed E-state index contributed by atoms with van der Waals surface area (Å²) in [5.74, 6) is 2.10. The van der Waals surface area contributed by atoms with Gasteiger partial charge in [0.05, 0.1) is 18.9 Å². The third kappa shape index (κ3) is 3.28. The van der Waals surface area contributed by atoms with Gasteiger partial charge >= 0.3 is 0 Å². The van der Waals surface area contributed by atoms with Crippen molar-refractivity contribution < 1.29 is 4.74 Å². The second-order valence-electron chi connectivity index (χ2n) is 6.86. The maximum absolute atomic E-state index is 5.80. The quantitative estimate of drug-likeness (QED) is 0.470. The molecule has 9 nitrogen and oxygen atoms in total. The molecule has 5 rings (SSSR count). The summed E-state index contributed by atoms with van der Waals surface area (Å²) in [7, 11) is 5.80. The fourth-order valence-electron chi connectivity index (χ4n) is 3.62. The van der Waals surface area contributed by atoms with Crippen LogP contribution in [0.5, 0.6) is 0 Å². The van der Waals surface area contributed by atoms with E-state index in [1.54, 1.807) is 24.7 Å². The Morgan fingerprint density at radius 1 is 1.00 bits per heavy atom. The number of pyridine rings is 1. The third-order valence-corrected chi connectivity index (χ3v) is 5.04. The maximum atomic E-state index is 5.80. The van der Waals surface area contributed by atoms with E-state index < -0.39 is 0 Å². The van der Waals surface area contributed by atoms with Crippen molar-refractivity contribution in [1.82, 2.24) is 34.5 Å². The average molecular weight is 398 g/mol. The van der Waals surface area contributed by atoms with Crippen molar-refractivity contribution in [3.05, 3.63) is 36.8 Å². The zero-order chi connectivity index (χ0) is 20.5. The summed E-state index contributed by atoms with van der Waals surface area (Å²) in [6.45, 7) is 5.55. The SMILES string of the molecule is [B]c1nccc(-c2nc(N3CCOCC3)c3nc(-c4ccncc4)n(CC)c3n2)n1. The van der Waals surface area contributed by atoms with Gasteiger partial charge in [0.2, 0.25) is 0 Å². The lowest BCUT2D eigenvalue weighted by atomic mass is 10.1. The van der Waals surface area contributed by atoms with Crippen LogP contribution in [0, 0.1) is 0 Å². The van der Waals surface area contributed by atoms with Crippen LogP contribution in [0.1, 0.15) is 6.92 Å². The van der Waals surface area contributed by atoms with Gasteiger partial charge in [-0.05, 0) is 25.1 Å². The number of nitrogens with zero attached hydrogens (tertiary/aromatic N) is 8. The Hall–Kier alpha value is -3.40. The first-order valence-electron chi connectivity index (χ1n) is 9.85. The van der Waals surface area contributed by atoms with E-state index in [0.717, 1.165) is 41.5 Å². The van der Waals surface area contributed by atoms with Gasteiger partial charge in [-0.25, -0.2) is 19.9 Å². The van der Waals surface area contributed by atoms with Crippen LogP contribution >= 0.6 is 0 Å². The lowest BCUT2D eigenvalue weighted by Gasteiger charge is -2.28. The first-order valence-corrected chi connectivity index (χ1v) is 9.85. The molecular formula is C20H19BN8O. The van der Waals surface area contributed by atoms with Gasteiger partial charge in [-0.2, -0.15) is 0 Å². The normalized spacial score (nSPS) is 14.4. The third-order valence-electron chi connectivity index (χ3n) is 5.04. The van der Waals surface area contributed by atoms with Gasteiger partial charge in [-0.3, -0.25) is 9.97 Å². The molecule has 4 aromatic rings. The molecule has 0 saturated carbocycles. The minimum absolute atomic E-state index is 0.186. The summed E-state index contributed by atoms with van der Waals surface area (Å²) in [5.41, 5.74) is 3.26. The molecule has 1 aliphatic rings. The van der Waals surface area contributed by atoms with Gasteiger partial charge in [0.15, 0.2) is 30.7 Å². The van der Waals surface area contributed by atoms with Crippen LogP contribution in [0.25, 0.3) is 34.1 Å². The Labute approximate surface area is 174 Å². The van der Waals surface area contributed by atoms with Crippen LogP contribution in [0.3, 0.4) is 0 Å². The smallest absolute Gasteiger partial charge is 0.182 e. The Balaban J connectivity index is 1.77. The molecule has 30 heavy (non-hydrogen) atoms. The van der Waals surface area contributed by atoms with Crippen LogP contribution in [-0.4, -0.2) is 68.6 Å². The minimum Gasteiger partial charge on any atom is -0.378 e. The van der Waals surface area contributed by atoms with Crippen molar-refractivity contribution in [2.24, 2.45) is 0 Å². The molecule has 0 amide bonds. The van der Waals surface area contributed by atoms with Crippen LogP contribution < -0.4 is 10.6 Å². The van der Waals surface area contributed by atoms with Crippen LogP contribution in [-0.2, 0) is 11.3 Å². The van der Waals surface area contributed by atoms with Gasteiger partial charge < -0.3 is 14.2 Å². The number of hydrogen-bond donors (Lipinski definition) is 0. The highest BCUT2D eigenvalue weighted by molar-refractivity contribution is 6.29. The number of fused-ring (bicyclic) bond motifs is 1. The van der Waals surface area contributed by atoms with Crippen molar-refractivity contribution in [1.29, 1.82) is 0 Å². The van der Waals surface area contributed by atoms with Crippen LogP contribution in [0.2, 0.25) is 0 Å². The van der Waals surface area contributed by atoms with Gasteiger partial charge in [0.1, 0.15) is 11.5 Å². The first-order chi connectivity index (χ1) is 14.7. The molecule has 10 heteroatoms. The zero-order valence-corrected chi connectivity index (χ0v) is 16.6. The number of hydrogen-bond acceptors (Lipinski definition) is 8. The van der Waals surface area contributed by atoms with Gasteiger partial charge in [0, 0.05) is 43.8 Å². The summed E-state index contributed by atoms with van der Waals surface area (Å²) in [5, 5.41) is 0. The van der Waals surface area contributed by atoms with Crippen molar-refractivity contribution in [2.45, 2.75) is 13.5 Å². The van der Waals surface area contributed by atoms with E-state index in [0.29, 0.717) is 31.3 Å². The van der Waals surface area contributed by atoms with Gasteiger partial charge in [-0.1, -0.05) is 0 Å². The molecule has 5 heterocycles. The Morgan fingerprint density at radius 3 is 2.53 bits per heavy atom. The number of imidazole rings is 1. The standard InChI is InChI=1S/C20H19BN8O/c1-2-29-17(13-3-6-22-7-4-13)25-15-18(28-9-11-30-12-10-28)26-16(27-19(15)29)14-5-8-23-20(21)24-14/h3-8H,2,9-12H2,1H3. The van der Waals surface area contributed by atoms with Crippen LogP contribution in [0.15, 0.2) is 36.8 Å². The second-order valence-corrected chi connectivity index (χ2v) is 6.86. The topological polar surface area (TPSA) is 94.7 Å². The predicted molar refractivity (Wildman–Crippen MR) is 114 cm³/mol. The summed E-state index contributed by atoms with van der Waals surface area (Å²) in [4.78, 5) is 29.2. The van der Waals surface area contributed by atoms with Crippen molar-refractivity contribution in [3.8, 4) is 22.9 Å². The first kappa shape index (κ1) is 18.6. The van der Waals surface area contributed by atoms with Gasteiger partial charge in [0.25, 0.3) is 0 Å². The molecule has 0 aromatic carbocycles.